The Morgan fingerprint density at radius 1 is 1.09 bits per heavy atom. The van der Waals surface area contributed by atoms with Crippen LogP contribution in [0.25, 0.3) is 0 Å². The number of halogens is 2. The average Bonchev–Trinajstić information content (AvgIpc) is 2.52. The minimum Gasteiger partial charge on any atom is -0.462 e. The Kier molecular flexibility index (Phi) is 6.21. The fraction of sp³-hybridized carbons (Fsp3) is 0.125. The van der Waals surface area contributed by atoms with E-state index in [-0.39, 0.29) is 5.11 Å². The molecule has 0 heterocycles. The third kappa shape index (κ3) is 4.58. The molecule has 120 valence electrons. The second-order valence-electron chi connectivity index (χ2n) is 4.45. The quantitative estimate of drug-likeness (QED) is 0.588. The van der Waals surface area contributed by atoms with Crippen LogP contribution in [0.3, 0.4) is 0 Å². The molecule has 2 aromatic rings. The summed E-state index contributed by atoms with van der Waals surface area (Å²) < 4.78 is 5.02. The Bertz CT molecular complexity index is 738. The van der Waals surface area contributed by atoms with E-state index < -0.39 is 5.97 Å². The molecule has 0 aliphatic carbocycles. The van der Waals surface area contributed by atoms with E-state index in [1.807, 2.05) is 0 Å². The van der Waals surface area contributed by atoms with Crippen LogP contribution in [0, 0.1) is 0 Å². The van der Waals surface area contributed by atoms with Gasteiger partial charge in [-0.05, 0) is 43.4 Å². The molecule has 0 aliphatic heterocycles. The van der Waals surface area contributed by atoms with Gasteiger partial charge in [-0.2, -0.15) is 0 Å². The number of thiocarbonyl (C=S) groups is 1. The van der Waals surface area contributed by atoms with Crippen molar-refractivity contribution in [2.24, 2.45) is 0 Å². The lowest BCUT2D eigenvalue weighted by Gasteiger charge is -2.14. The summed E-state index contributed by atoms with van der Waals surface area (Å²) in [6.07, 6.45) is 0. The maximum absolute atomic E-state index is 11.9. The fourth-order valence-electron chi connectivity index (χ4n) is 1.86. The summed E-state index contributed by atoms with van der Waals surface area (Å²) in [5.74, 6) is -0.417. The SMILES string of the molecule is CCOC(=O)c1ccccc1NC(=S)Nc1cccc(Cl)c1Cl. The van der Waals surface area contributed by atoms with E-state index in [4.69, 9.17) is 40.2 Å². The summed E-state index contributed by atoms with van der Waals surface area (Å²) in [6, 6.07) is 12.1. The van der Waals surface area contributed by atoms with E-state index in [0.29, 0.717) is 33.6 Å². The van der Waals surface area contributed by atoms with Crippen LogP contribution in [0.5, 0.6) is 0 Å². The number of carbonyl (C=O) groups excluding carboxylic acids is 1. The van der Waals surface area contributed by atoms with Crippen molar-refractivity contribution in [1.29, 1.82) is 0 Å². The highest BCUT2D eigenvalue weighted by Gasteiger charge is 2.13. The molecule has 0 atom stereocenters. The van der Waals surface area contributed by atoms with Gasteiger partial charge in [-0.3, -0.25) is 0 Å². The maximum Gasteiger partial charge on any atom is 0.340 e. The lowest BCUT2D eigenvalue weighted by Crippen LogP contribution is -2.21. The number of nitrogens with one attached hydrogen (secondary N) is 2. The highest BCUT2D eigenvalue weighted by Crippen LogP contribution is 2.29. The molecule has 0 radical (unpaired) electrons. The molecule has 0 unspecified atom stereocenters. The largest absolute Gasteiger partial charge is 0.462 e. The van der Waals surface area contributed by atoms with E-state index in [1.54, 1.807) is 49.4 Å². The molecule has 4 nitrogen and oxygen atoms in total. The number of hydrogen-bond donors (Lipinski definition) is 2. The third-order valence-electron chi connectivity index (χ3n) is 2.87. The van der Waals surface area contributed by atoms with Crippen molar-refractivity contribution in [3.05, 3.63) is 58.1 Å². The lowest BCUT2D eigenvalue weighted by atomic mass is 10.2. The normalized spacial score (nSPS) is 10.0. The Labute approximate surface area is 149 Å². The first kappa shape index (κ1) is 17.5. The molecule has 2 rings (SSSR count). The Hall–Kier alpha value is -1.82. The van der Waals surface area contributed by atoms with Gasteiger partial charge in [-0.25, -0.2) is 4.79 Å². The molecule has 0 saturated carbocycles. The van der Waals surface area contributed by atoms with Crippen molar-refractivity contribution < 1.29 is 9.53 Å². The molecule has 0 aliphatic rings. The van der Waals surface area contributed by atoms with Gasteiger partial charge in [0.05, 0.1) is 33.6 Å². The lowest BCUT2D eigenvalue weighted by molar-refractivity contribution is 0.0527. The molecule has 0 saturated heterocycles. The van der Waals surface area contributed by atoms with Crippen molar-refractivity contribution in [1.82, 2.24) is 0 Å². The zero-order chi connectivity index (χ0) is 16.8. The van der Waals surface area contributed by atoms with Gasteiger partial charge in [0.1, 0.15) is 0 Å². The molecule has 7 heteroatoms. The second kappa shape index (κ2) is 8.15. The number of benzene rings is 2. The molecule has 2 N–H and O–H groups in total. The number of carbonyl (C=O) groups is 1. The number of anilines is 2. The average molecular weight is 369 g/mol. The predicted molar refractivity (Wildman–Crippen MR) is 98.7 cm³/mol. The molecule has 23 heavy (non-hydrogen) atoms. The van der Waals surface area contributed by atoms with E-state index in [9.17, 15) is 4.79 Å². The van der Waals surface area contributed by atoms with E-state index in [1.165, 1.54) is 0 Å². The van der Waals surface area contributed by atoms with Gasteiger partial charge in [-0.15, -0.1) is 0 Å². The first-order valence-corrected chi connectivity index (χ1v) is 7.97. The summed E-state index contributed by atoms with van der Waals surface area (Å²) in [5.41, 5.74) is 1.52. The van der Waals surface area contributed by atoms with E-state index in [2.05, 4.69) is 10.6 Å². The van der Waals surface area contributed by atoms with Gasteiger partial charge in [0.25, 0.3) is 0 Å². The van der Waals surface area contributed by atoms with Crippen molar-refractivity contribution >= 4 is 57.9 Å². The standard InChI is InChI=1S/C16H14Cl2N2O2S/c1-2-22-15(21)10-6-3-4-8-12(10)19-16(23)20-13-9-5-7-11(17)14(13)18/h3-9H,2H2,1H3,(H2,19,20,23). The van der Waals surface area contributed by atoms with Crippen molar-refractivity contribution in [3.63, 3.8) is 0 Å². The van der Waals surface area contributed by atoms with Crippen molar-refractivity contribution in [3.8, 4) is 0 Å². The molecule has 0 aromatic heterocycles. The van der Waals surface area contributed by atoms with Crippen LogP contribution >= 0.6 is 35.4 Å². The van der Waals surface area contributed by atoms with Crippen LogP contribution in [0.4, 0.5) is 11.4 Å². The first-order valence-electron chi connectivity index (χ1n) is 6.81. The molecule has 0 bridgehead atoms. The summed E-state index contributed by atoms with van der Waals surface area (Å²) in [4.78, 5) is 11.9. The first-order chi connectivity index (χ1) is 11.0. The maximum atomic E-state index is 11.9. The molecule has 0 fully saturated rings. The highest BCUT2D eigenvalue weighted by molar-refractivity contribution is 7.80. The Balaban J connectivity index is 2.15. The minimum absolute atomic E-state index is 0.283. The monoisotopic (exact) mass is 368 g/mol. The van der Waals surface area contributed by atoms with Crippen molar-refractivity contribution in [2.75, 3.05) is 17.2 Å². The number of ether oxygens (including phenoxy) is 1. The van der Waals surface area contributed by atoms with Gasteiger partial charge in [-0.1, -0.05) is 41.4 Å². The zero-order valence-electron chi connectivity index (χ0n) is 12.2. The minimum atomic E-state index is -0.417. The molecule has 0 amide bonds. The van der Waals surface area contributed by atoms with E-state index >= 15 is 0 Å². The number of para-hydroxylation sites is 1. The third-order valence-corrected chi connectivity index (χ3v) is 3.89. The van der Waals surface area contributed by atoms with Crippen LogP contribution in [-0.4, -0.2) is 17.7 Å². The van der Waals surface area contributed by atoms with E-state index in [0.717, 1.165) is 0 Å². The summed E-state index contributed by atoms with van der Waals surface area (Å²) in [5, 5.41) is 6.99. The van der Waals surface area contributed by atoms with Gasteiger partial charge in [0.2, 0.25) is 0 Å². The highest BCUT2D eigenvalue weighted by atomic mass is 35.5. The smallest absolute Gasteiger partial charge is 0.340 e. The van der Waals surface area contributed by atoms with Crippen LogP contribution in [0.2, 0.25) is 10.0 Å². The van der Waals surface area contributed by atoms with Crippen LogP contribution in [-0.2, 0) is 4.74 Å². The number of hydrogen-bond acceptors (Lipinski definition) is 3. The molecular weight excluding hydrogens is 355 g/mol. The number of rotatable bonds is 4. The number of esters is 1. The van der Waals surface area contributed by atoms with Gasteiger partial charge >= 0.3 is 5.97 Å². The van der Waals surface area contributed by atoms with Gasteiger partial charge in [0, 0.05) is 0 Å². The molecule has 0 spiro atoms. The summed E-state index contributed by atoms with van der Waals surface area (Å²) in [7, 11) is 0. The van der Waals surface area contributed by atoms with Crippen LogP contribution in [0.1, 0.15) is 17.3 Å². The molecule has 2 aromatic carbocycles. The topological polar surface area (TPSA) is 50.4 Å². The fourth-order valence-corrected chi connectivity index (χ4v) is 2.42. The molecular formula is C16H14Cl2N2O2S. The Morgan fingerprint density at radius 3 is 2.48 bits per heavy atom. The predicted octanol–water partition coefficient (Wildman–Crippen LogP) is 4.98. The van der Waals surface area contributed by atoms with Gasteiger partial charge in [0.15, 0.2) is 5.11 Å². The van der Waals surface area contributed by atoms with Crippen molar-refractivity contribution in [2.45, 2.75) is 6.92 Å². The second-order valence-corrected chi connectivity index (χ2v) is 5.64. The Morgan fingerprint density at radius 2 is 1.74 bits per heavy atom. The van der Waals surface area contributed by atoms with Gasteiger partial charge < -0.3 is 15.4 Å². The van der Waals surface area contributed by atoms with Crippen LogP contribution < -0.4 is 10.6 Å². The zero-order valence-corrected chi connectivity index (χ0v) is 14.6. The van der Waals surface area contributed by atoms with Crippen LogP contribution in [0.15, 0.2) is 42.5 Å². The summed E-state index contributed by atoms with van der Waals surface area (Å²) >= 11 is 17.3. The summed E-state index contributed by atoms with van der Waals surface area (Å²) in [6.45, 7) is 2.05.